The van der Waals surface area contributed by atoms with Crippen LogP contribution in [-0.4, -0.2) is 18.3 Å². The van der Waals surface area contributed by atoms with Gasteiger partial charge in [-0.15, -0.1) is 0 Å². The normalized spacial score (nSPS) is 13.8. The number of anilines is 1. The minimum Gasteiger partial charge on any atom is -0.377 e. The Hall–Kier alpha value is -0.620. The largest absolute Gasteiger partial charge is 0.377 e. The lowest BCUT2D eigenvalue weighted by atomic mass is 9.86. The number of hydrogen-bond donors (Lipinski definition) is 0. The molecule has 0 bridgehead atoms. The number of allylic oxidation sites excluding steroid dienone is 3. The van der Waals surface area contributed by atoms with Crippen LogP contribution in [-0.2, 0) is 10.8 Å². The third-order valence-corrected chi connectivity index (χ3v) is 5.33. The molecule has 4 heteroatoms. The fourth-order valence-electron chi connectivity index (χ4n) is 2.24. The zero-order valence-corrected chi connectivity index (χ0v) is 17.1. The van der Waals surface area contributed by atoms with Gasteiger partial charge >= 0.3 is 0 Å². The van der Waals surface area contributed by atoms with Crippen LogP contribution in [0.4, 0.5) is 5.69 Å². The number of hydrogen-bond acceptors (Lipinski definition) is 2. The van der Waals surface area contributed by atoms with E-state index < -0.39 is 10.8 Å². The van der Waals surface area contributed by atoms with Gasteiger partial charge in [0.1, 0.15) is 0 Å². The van der Waals surface area contributed by atoms with E-state index in [1.54, 1.807) is 0 Å². The molecule has 0 saturated heterocycles. The second-order valence-corrected chi connectivity index (χ2v) is 9.65. The Kier molecular flexibility index (Phi) is 7.32. The van der Waals surface area contributed by atoms with Crippen LogP contribution in [0.1, 0.15) is 33.6 Å². The van der Waals surface area contributed by atoms with Crippen molar-refractivity contribution < 1.29 is 4.21 Å². The van der Waals surface area contributed by atoms with Gasteiger partial charge in [0, 0.05) is 19.0 Å². The molecule has 0 aliphatic heterocycles. The number of rotatable bonds is 7. The monoisotopic (exact) mass is 431 g/mol. The van der Waals surface area contributed by atoms with Gasteiger partial charge in [0.05, 0.1) is 21.4 Å². The summed E-state index contributed by atoms with van der Waals surface area (Å²) < 4.78 is 14.0. The van der Waals surface area contributed by atoms with Gasteiger partial charge in [0.25, 0.3) is 0 Å². The minimum absolute atomic E-state index is 0.144. The van der Waals surface area contributed by atoms with E-state index in [1.807, 2.05) is 50.2 Å². The van der Waals surface area contributed by atoms with Crippen LogP contribution in [0.3, 0.4) is 0 Å². The van der Waals surface area contributed by atoms with Gasteiger partial charge in [-0.2, -0.15) is 0 Å². The maximum absolute atomic E-state index is 12.8. The second kappa shape index (κ2) is 8.29. The van der Waals surface area contributed by atoms with E-state index in [0.29, 0.717) is 0 Å². The van der Waals surface area contributed by atoms with Gasteiger partial charge in [0.15, 0.2) is 0 Å². The molecule has 1 aromatic carbocycles. The maximum Gasteiger partial charge on any atom is 0.0823 e. The molecule has 1 rings (SSSR count). The summed E-state index contributed by atoms with van der Waals surface area (Å²) in [6.45, 7) is 10.4. The predicted molar refractivity (Wildman–Crippen MR) is 107 cm³/mol. The Morgan fingerprint density at radius 1 is 1.36 bits per heavy atom. The standard InChI is InChI=1S/C18H26INOS/c1-14(19)13-18(3,4)12-11-15(2)22(21)17-10-8-7-9-16(17)20(5)6/h7-11H,1,12-13H2,2-6H3/b15-11-/t22-/m0/s1. The lowest BCUT2D eigenvalue weighted by Crippen LogP contribution is -2.12. The number of nitrogens with zero attached hydrogens (tertiary/aromatic N) is 1. The summed E-state index contributed by atoms with van der Waals surface area (Å²) in [5.41, 5.74) is 1.15. The third kappa shape index (κ3) is 5.88. The molecule has 2 nitrogen and oxygen atoms in total. The molecule has 0 radical (unpaired) electrons. The highest BCUT2D eigenvalue weighted by Gasteiger charge is 2.18. The second-order valence-electron chi connectivity index (χ2n) is 6.51. The molecule has 122 valence electrons. The molecule has 0 unspecified atom stereocenters. The maximum atomic E-state index is 12.8. The Morgan fingerprint density at radius 2 is 1.95 bits per heavy atom. The fraction of sp³-hybridized carbons (Fsp3) is 0.444. The summed E-state index contributed by atoms with van der Waals surface area (Å²) in [7, 11) is 2.84. The number of para-hydroxylation sites is 1. The molecule has 0 aliphatic carbocycles. The molecule has 0 spiro atoms. The molecule has 1 aromatic rings. The van der Waals surface area contributed by atoms with Crippen LogP contribution in [0.15, 0.2) is 50.3 Å². The quantitative estimate of drug-likeness (QED) is 0.530. The van der Waals surface area contributed by atoms with Crippen molar-refractivity contribution in [3.8, 4) is 0 Å². The van der Waals surface area contributed by atoms with Crippen molar-refractivity contribution in [2.75, 3.05) is 19.0 Å². The highest BCUT2D eigenvalue weighted by Crippen LogP contribution is 2.33. The molecule has 0 amide bonds. The molecule has 0 aromatic heterocycles. The first-order valence-corrected chi connectivity index (χ1v) is 9.55. The van der Waals surface area contributed by atoms with Crippen molar-refractivity contribution in [3.63, 3.8) is 0 Å². The van der Waals surface area contributed by atoms with Crippen LogP contribution in [0, 0.1) is 5.41 Å². The predicted octanol–water partition coefficient (Wildman–Crippen LogP) is 5.52. The van der Waals surface area contributed by atoms with Crippen LogP contribution in [0.5, 0.6) is 0 Å². The Morgan fingerprint density at radius 3 is 2.50 bits per heavy atom. The van der Waals surface area contributed by atoms with Crippen LogP contribution >= 0.6 is 22.6 Å². The summed E-state index contributed by atoms with van der Waals surface area (Å²) >= 11 is 2.28. The number of benzene rings is 1. The molecule has 0 aliphatic rings. The van der Waals surface area contributed by atoms with Crippen molar-refractivity contribution in [3.05, 3.63) is 45.4 Å². The smallest absolute Gasteiger partial charge is 0.0823 e. The first-order chi connectivity index (χ1) is 10.1. The SMILES string of the molecule is C=C(I)CC(C)(C)C/C=C(/C)[S@](=O)c1ccccc1N(C)C. The summed E-state index contributed by atoms with van der Waals surface area (Å²) in [6.07, 6.45) is 3.98. The van der Waals surface area contributed by atoms with Gasteiger partial charge in [-0.1, -0.05) is 38.6 Å². The van der Waals surface area contributed by atoms with Gasteiger partial charge in [-0.25, -0.2) is 4.21 Å². The van der Waals surface area contributed by atoms with Gasteiger partial charge in [0.2, 0.25) is 0 Å². The van der Waals surface area contributed by atoms with Gasteiger partial charge < -0.3 is 4.90 Å². The first kappa shape index (κ1) is 19.4. The van der Waals surface area contributed by atoms with Crippen molar-refractivity contribution in [1.82, 2.24) is 0 Å². The van der Waals surface area contributed by atoms with Crippen molar-refractivity contribution in [2.24, 2.45) is 5.41 Å². The third-order valence-electron chi connectivity index (χ3n) is 3.45. The van der Waals surface area contributed by atoms with Gasteiger partial charge in [-0.3, -0.25) is 0 Å². The van der Waals surface area contributed by atoms with E-state index in [9.17, 15) is 4.21 Å². The van der Waals surface area contributed by atoms with Crippen molar-refractivity contribution >= 4 is 39.1 Å². The molecule has 1 atom stereocenters. The van der Waals surface area contributed by atoms with Crippen molar-refractivity contribution in [1.29, 1.82) is 0 Å². The Balaban J connectivity index is 2.94. The zero-order valence-electron chi connectivity index (χ0n) is 14.1. The van der Waals surface area contributed by atoms with Crippen LogP contribution < -0.4 is 4.90 Å². The van der Waals surface area contributed by atoms with Crippen LogP contribution in [0.2, 0.25) is 0 Å². The van der Waals surface area contributed by atoms with E-state index >= 15 is 0 Å². The van der Waals surface area contributed by atoms with E-state index in [1.165, 1.54) is 0 Å². The van der Waals surface area contributed by atoms with E-state index in [0.717, 1.165) is 31.9 Å². The Bertz CT molecular complexity index is 591. The highest BCUT2D eigenvalue weighted by molar-refractivity contribution is 14.1. The Labute approximate surface area is 151 Å². The topological polar surface area (TPSA) is 20.3 Å². The average Bonchev–Trinajstić information content (AvgIpc) is 2.42. The minimum atomic E-state index is -1.11. The molecule has 0 heterocycles. The van der Waals surface area contributed by atoms with Crippen LogP contribution in [0.25, 0.3) is 0 Å². The molecule has 0 saturated carbocycles. The summed E-state index contributed by atoms with van der Waals surface area (Å²) in [5.74, 6) is 0. The fourth-order valence-corrected chi connectivity index (χ4v) is 4.50. The molecular formula is C18H26INOS. The molecule has 22 heavy (non-hydrogen) atoms. The summed E-state index contributed by atoms with van der Waals surface area (Å²) in [4.78, 5) is 3.80. The highest BCUT2D eigenvalue weighted by atomic mass is 127. The average molecular weight is 431 g/mol. The number of halogens is 1. The van der Waals surface area contributed by atoms with E-state index in [4.69, 9.17) is 0 Å². The zero-order chi connectivity index (χ0) is 16.9. The lowest BCUT2D eigenvalue weighted by molar-refractivity contribution is 0.376. The molecular weight excluding hydrogens is 405 g/mol. The summed E-state index contributed by atoms with van der Waals surface area (Å²) in [5, 5.41) is 0. The molecule has 0 N–H and O–H groups in total. The van der Waals surface area contributed by atoms with Crippen molar-refractivity contribution in [2.45, 2.75) is 38.5 Å². The first-order valence-electron chi connectivity index (χ1n) is 7.32. The van der Waals surface area contributed by atoms with E-state index in [2.05, 4.69) is 49.1 Å². The lowest BCUT2D eigenvalue weighted by Gasteiger charge is -2.23. The summed E-state index contributed by atoms with van der Waals surface area (Å²) in [6, 6.07) is 7.87. The van der Waals surface area contributed by atoms with E-state index in [-0.39, 0.29) is 5.41 Å². The molecule has 0 fully saturated rings. The van der Waals surface area contributed by atoms with Gasteiger partial charge in [-0.05, 0) is 63.5 Å².